The molecule has 0 spiro atoms. The molecule has 2 aromatic rings. The van der Waals surface area contributed by atoms with E-state index in [2.05, 4.69) is 10.3 Å². The van der Waals surface area contributed by atoms with E-state index in [-0.39, 0.29) is 5.75 Å². The minimum Gasteiger partial charge on any atom is -0.508 e. The van der Waals surface area contributed by atoms with Crippen molar-refractivity contribution in [2.24, 2.45) is 0 Å². The first-order valence-corrected chi connectivity index (χ1v) is 5.10. The van der Waals surface area contributed by atoms with Crippen molar-refractivity contribution in [1.82, 2.24) is 4.98 Å². The van der Waals surface area contributed by atoms with E-state index < -0.39 is 0 Å². The number of aromatic nitrogens is 1. The highest BCUT2D eigenvalue weighted by molar-refractivity contribution is 7.13. The molecule has 4 heteroatoms. The van der Waals surface area contributed by atoms with Gasteiger partial charge in [0.15, 0.2) is 5.13 Å². The van der Waals surface area contributed by atoms with Gasteiger partial charge in [0.1, 0.15) is 5.75 Å². The standard InChI is InChI=1S/C10H10N2OS/c1-7-6-14-10(11-7)12-8-2-4-9(13)5-3-8/h2-6,13H,1H3,(H,11,12). The van der Waals surface area contributed by atoms with Crippen molar-refractivity contribution < 1.29 is 5.11 Å². The second kappa shape index (κ2) is 3.67. The number of phenolic OH excluding ortho intramolecular Hbond substituents is 1. The van der Waals surface area contributed by atoms with Gasteiger partial charge in [-0.25, -0.2) is 4.98 Å². The topological polar surface area (TPSA) is 45.1 Å². The van der Waals surface area contributed by atoms with Gasteiger partial charge >= 0.3 is 0 Å². The molecule has 0 aliphatic heterocycles. The van der Waals surface area contributed by atoms with E-state index in [0.29, 0.717) is 0 Å². The molecule has 0 aliphatic carbocycles. The van der Waals surface area contributed by atoms with E-state index in [1.165, 1.54) is 0 Å². The van der Waals surface area contributed by atoms with Gasteiger partial charge in [-0.2, -0.15) is 0 Å². The Morgan fingerprint density at radius 2 is 2.00 bits per heavy atom. The van der Waals surface area contributed by atoms with Crippen molar-refractivity contribution in [1.29, 1.82) is 0 Å². The molecule has 3 nitrogen and oxygen atoms in total. The van der Waals surface area contributed by atoms with Gasteiger partial charge in [0.05, 0.1) is 5.69 Å². The lowest BCUT2D eigenvalue weighted by atomic mass is 10.3. The first-order valence-electron chi connectivity index (χ1n) is 4.22. The van der Waals surface area contributed by atoms with Gasteiger partial charge in [0.25, 0.3) is 0 Å². The number of aromatic hydroxyl groups is 1. The van der Waals surface area contributed by atoms with Crippen molar-refractivity contribution in [3.8, 4) is 5.75 Å². The molecule has 0 aliphatic rings. The predicted molar refractivity (Wildman–Crippen MR) is 58.2 cm³/mol. The fourth-order valence-electron chi connectivity index (χ4n) is 1.08. The highest BCUT2D eigenvalue weighted by atomic mass is 32.1. The summed E-state index contributed by atoms with van der Waals surface area (Å²) >= 11 is 1.56. The summed E-state index contributed by atoms with van der Waals surface area (Å²) in [6.07, 6.45) is 0. The maximum Gasteiger partial charge on any atom is 0.187 e. The summed E-state index contributed by atoms with van der Waals surface area (Å²) < 4.78 is 0. The van der Waals surface area contributed by atoms with Crippen LogP contribution in [0.4, 0.5) is 10.8 Å². The Morgan fingerprint density at radius 1 is 1.29 bits per heavy atom. The van der Waals surface area contributed by atoms with Crippen LogP contribution in [0, 0.1) is 6.92 Å². The number of hydrogen-bond donors (Lipinski definition) is 2. The van der Waals surface area contributed by atoms with Crippen LogP contribution in [0.25, 0.3) is 0 Å². The van der Waals surface area contributed by atoms with Gasteiger partial charge in [0.2, 0.25) is 0 Å². The average Bonchev–Trinajstić information content (AvgIpc) is 2.56. The minimum atomic E-state index is 0.269. The number of nitrogens with one attached hydrogen (secondary N) is 1. The smallest absolute Gasteiger partial charge is 0.187 e. The molecule has 0 atom stereocenters. The quantitative estimate of drug-likeness (QED) is 0.742. The number of benzene rings is 1. The van der Waals surface area contributed by atoms with E-state index in [1.807, 2.05) is 24.4 Å². The molecule has 0 fully saturated rings. The molecule has 0 radical (unpaired) electrons. The van der Waals surface area contributed by atoms with Gasteiger partial charge in [-0.05, 0) is 31.2 Å². The van der Waals surface area contributed by atoms with E-state index in [9.17, 15) is 0 Å². The van der Waals surface area contributed by atoms with Crippen molar-refractivity contribution in [3.63, 3.8) is 0 Å². The van der Waals surface area contributed by atoms with Crippen molar-refractivity contribution >= 4 is 22.2 Å². The fourth-order valence-corrected chi connectivity index (χ4v) is 1.79. The number of anilines is 2. The van der Waals surface area contributed by atoms with Gasteiger partial charge in [-0.1, -0.05) is 0 Å². The SMILES string of the molecule is Cc1csc(Nc2ccc(O)cc2)n1. The number of phenols is 1. The van der Waals surface area contributed by atoms with Gasteiger partial charge < -0.3 is 10.4 Å². The Balaban J connectivity index is 2.15. The molecule has 1 aromatic carbocycles. The molecular formula is C10H10N2OS. The molecule has 0 bridgehead atoms. The number of thiazole rings is 1. The lowest BCUT2D eigenvalue weighted by Crippen LogP contribution is -1.88. The van der Waals surface area contributed by atoms with Crippen LogP contribution in [-0.2, 0) is 0 Å². The van der Waals surface area contributed by atoms with Gasteiger partial charge in [0, 0.05) is 11.1 Å². The second-order valence-corrected chi connectivity index (χ2v) is 3.82. The zero-order chi connectivity index (χ0) is 9.97. The van der Waals surface area contributed by atoms with Crippen molar-refractivity contribution in [2.75, 3.05) is 5.32 Å². The third kappa shape index (κ3) is 2.03. The van der Waals surface area contributed by atoms with Crippen LogP contribution in [0.1, 0.15) is 5.69 Å². The van der Waals surface area contributed by atoms with E-state index >= 15 is 0 Å². The molecule has 72 valence electrons. The molecule has 1 aromatic heterocycles. The molecule has 1 heterocycles. The van der Waals surface area contributed by atoms with Gasteiger partial charge in [-0.15, -0.1) is 11.3 Å². The largest absolute Gasteiger partial charge is 0.508 e. The Bertz CT molecular complexity index is 422. The van der Waals surface area contributed by atoms with Gasteiger partial charge in [-0.3, -0.25) is 0 Å². The lowest BCUT2D eigenvalue weighted by Gasteiger charge is -2.01. The van der Waals surface area contributed by atoms with E-state index in [4.69, 9.17) is 5.11 Å². The van der Waals surface area contributed by atoms with E-state index in [1.54, 1.807) is 23.5 Å². The van der Waals surface area contributed by atoms with Crippen LogP contribution < -0.4 is 5.32 Å². The molecule has 2 rings (SSSR count). The molecular weight excluding hydrogens is 196 g/mol. The molecule has 0 amide bonds. The number of rotatable bonds is 2. The Kier molecular flexibility index (Phi) is 2.37. The van der Waals surface area contributed by atoms with Crippen LogP contribution in [-0.4, -0.2) is 10.1 Å². The predicted octanol–water partition coefficient (Wildman–Crippen LogP) is 2.90. The Hall–Kier alpha value is -1.55. The molecule has 2 N–H and O–H groups in total. The average molecular weight is 206 g/mol. The summed E-state index contributed by atoms with van der Waals surface area (Å²) in [6, 6.07) is 6.91. The number of hydrogen-bond acceptors (Lipinski definition) is 4. The maximum absolute atomic E-state index is 9.09. The zero-order valence-electron chi connectivity index (χ0n) is 7.69. The highest BCUT2D eigenvalue weighted by Crippen LogP contribution is 2.21. The first kappa shape index (κ1) is 9.02. The normalized spacial score (nSPS) is 10.1. The third-order valence-electron chi connectivity index (χ3n) is 1.74. The molecule has 14 heavy (non-hydrogen) atoms. The van der Waals surface area contributed by atoms with E-state index in [0.717, 1.165) is 16.5 Å². The Labute approximate surface area is 86.1 Å². The third-order valence-corrected chi connectivity index (χ3v) is 2.61. The van der Waals surface area contributed by atoms with Crippen molar-refractivity contribution in [2.45, 2.75) is 6.92 Å². The summed E-state index contributed by atoms with van der Waals surface area (Å²) in [6.45, 7) is 1.96. The number of aryl methyl sites for hydroxylation is 1. The number of nitrogens with zero attached hydrogens (tertiary/aromatic N) is 1. The summed E-state index contributed by atoms with van der Waals surface area (Å²) in [4.78, 5) is 4.27. The summed E-state index contributed by atoms with van der Waals surface area (Å²) in [5.41, 5.74) is 1.94. The molecule has 0 unspecified atom stereocenters. The highest BCUT2D eigenvalue weighted by Gasteiger charge is 1.98. The summed E-state index contributed by atoms with van der Waals surface area (Å²) in [7, 11) is 0. The second-order valence-electron chi connectivity index (χ2n) is 2.97. The van der Waals surface area contributed by atoms with Crippen LogP contribution in [0.5, 0.6) is 5.75 Å². The van der Waals surface area contributed by atoms with Crippen LogP contribution in [0.15, 0.2) is 29.6 Å². The van der Waals surface area contributed by atoms with Crippen LogP contribution in [0.2, 0.25) is 0 Å². The fraction of sp³-hybridized carbons (Fsp3) is 0.100. The summed E-state index contributed by atoms with van der Waals surface area (Å²) in [5.74, 6) is 0.269. The Morgan fingerprint density at radius 3 is 2.57 bits per heavy atom. The monoisotopic (exact) mass is 206 g/mol. The van der Waals surface area contributed by atoms with Crippen LogP contribution in [0.3, 0.4) is 0 Å². The maximum atomic E-state index is 9.09. The minimum absolute atomic E-state index is 0.269. The van der Waals surface area contributed by atoms with Crippen molar-refractivity contribution in [3.05, 3.63) is 35.3 Å². The first-order chi connectivity index (χ1) is 6.74. The molecule has 0 saturated carbocycles. The summed E-state index contributed by atoms with van der Waals surface area (Å²) in [5, 5.41) is 15.1. The zero-order valence-corrected chi connectivity index (χ0v) is 8.51. The van der Waals surface area contributed by atoms with Crippen LogP contribution >= 0.6 is 11.3 Å². The lowest BCUT2D eigenvalue weighted by molar-refractivity contribution is 0.475. The molecule has 0 saturated heterocycles.